The Morgan fingerprint density at radius 2 is 1.10 bits per heavy atom. The second-order valence-corrected chi connectivity index (χ2v) is 4.52. The van der Waals surface area contributed by atoms with E-state index >= 15 is 0 Å². The van der Waals surface area contributed by atoms with E-state index in [4.69, 9.17) is 0 Å². The zero-order chi connectivity index (χ0) is 7.71. The summed E-state index contributed by atoms with van der Waals surface area (Å²) >= 11 is -12.1. The first-order valence-corrected chi connectivity index (χ1v) is 5.50. The summed E-state index contributed by atoms with van der Waals surface area (Å²) in [7, 11) is 0. The van der Waals surface area contributed by atoms with Gasteiger partial charge in [-0.15, -0.1) is 0 Å². The second-order valence-electron chi connectivity index (χ2n) is 0.885. The third-order valence-corrected chi connectivity index (χ3v) is 2.83. The van der Waals surface area contributed by atoms with E-state index in [0.717, 1.165) is 0 Å². The molecule has 0 amide bonds. The van der Waals surface area contributed by atoms with Crippen LogP contribution in [-0.4, -0.2) is 0 Å². The fourth-order valence-electron chi connectivity index (χ4n) is 0.102. The van der Waals surface area contributed by atoms with Crippen molar-refractivity contribution in [3.05, 3.63) is 0 Å². The molecule has 0 fully saturated rings. The molecule has 0 rings (SSSR count). The van der Waals surface area contributed by atoms with E-state index in [-0.39, 0.29) is 17.4 Å². The van der Waals surface area contributed by atoms with Crippen molar-refractivity contribution in [1.29, 1.82) is 0 Å². The van der Waals surface area contributed by atoms with E-state index in [0.29, 0.717) is 0 Å². The van der Waals surface area contributed by atoms with Gasteiger partial charge in [-0.05, 0) is 0 Å². The minimum atomic E-state index is -6.07. The molecule has 0 heterocycles. The Hall–Kier alpha value is 0.677. The van der Waals surface area contributed by atoms with E-state index < -0.39 is 27.2 Å². The molecular weight excluding hydrogens is 268 g/mol. The van der Waals surface area contributed by atoms with E-state index in [1.165, 1.54) is 0 Å². The molecule has 0 aromatic carbocycles. The minimum absolute atomic E-state index is 0. The van der Waals surface area contributed by atoms with Crippen LogP contribution >= 0.6 is 0 Å². The number of rotatable bonds is 2. The van der Waals surface area contributed by atoms with Gasteiger partial charge in [0.1, 0.15) is 0 Å². The molecular formula is Cr3O7. The summed E-state index contributed by atoms with van der Waals surface area (Å²) in [5, 5.41) is 0. The van der Waals surface area contributed by atoms with Gasteiger partial charge < -0.3 is 0 Å². The monoisotopic (exact) mass is 268 g/mol. The fraction of sp³-hybridized carbons (Fsp3) is 0. The quantitative estimate of drug-likeness (QED) is 0.525. The topological polar surface area (TPSA) is 124 Å². The third kappa shape index (κ3) is 11.5. The molecule has 7 nitrogen and oxygen atoms in total. The molecule has 0 aromatic rings. The van der Waals surface area contributed by atoms with Gasteiger partial charge in [0.25, 0.3) is 0 Å². The summed E-state index contributed by atoms with van der Waals surface area (Å²) in [6, 6.07) is 0. The van der Waals surface area contributed by atoms with Crippen LogP contribution in [0.5, 0.6) is 0 Å². The molecule has 0 aliphatic rings. The molecule has 0 bridgehead atoms. The van der Waals surface area contributed by atoms with Gasteiger partial charge in [0.15, 0.2) is 0 Å². The van der Waals surface area contributed by atoms with Crippen LogP contribution in [0.3, 0.4) is 0 Å². The van der Waals surface area contributed by atoms with Crippen molar-refractivity contribution in [3.8, 4) is 0 Å². The first-order valence-electron chi connectivity index (χ1n) is 1.33. The molecule has 0 spiro atoms. The maximum absolute atomic E-state index is 9.38. The number of hydrogen-bond acceptors (Lipinski definition) is 7. The van der Waals surface area contributed by atoms with Gasteiger partial charge in [-0.3, -0.25) is 0 Å². The summed E-state index contributed by atoms with van der Waals surface area (Å²) in [5.74, 6) is 0. The summed E-state index contributed by atoms with van der Waals surface area (Å²) in [6.45, 7) is 0. The Labute approximate surface area is 70.9 Å². The van der Waals surface area contributed by atoms with Gasteiger partial charge in [-0.1, -0.05) is 0 Å². The molecule has 0 saturated heterocycles. The number of hydrogen-bond donors (Lipinski definition) is 0. The van der Waals surface area contributed by atoms with Crippen LogP contribution in [0.25, 0.3) is 0 Å². The van der Waals surface area contributed by atoms with Crippen molar-refractivity contribution in [2.75, 3.05) is 0 Å². The average molecular weight is 268 g/mol. The Morgan fingerprint density at radius 1 is 0.900 bits per heavy atom. The van der Waals surface area contributed by atoms with Crippen LogP contribution in [0.1, 0.15) is 0 Å². The predicted octanol–water partition coefficient (Wildman–Crippen LogP) is -2.93. The standard InChI is InChI=1S/3Cr.7O/q;;+2;;;;;;2*-1. The average Bonchev–Trinajstić information content (AvgIpc) is 1.14. The van der Waals surface area contributed by atoms with Crippen LogP contribution in [0.15, 0.2) is 0 Å². The molecule has 0 atom stereocenters. The molecule has 10 heavy (non-hydrogen) atoms. The molecule has 0 aromatic heterocycles. The zero-order valence-electron chi connectivity index (χ0n) is 4.08. The normalized spacial score (nSPS) is 12.2. The molecule has 0 radical (unpaired) electrons. The van der Waals surface area contributed by atoms with Crippen LogP contribution in [0.2, 0.25) is 0 Å². The van der Waals surface area contributed by atoms with Gasteiger partial charge >= 0.3 is 71.0 Å². The van der Waals surface area contributed by atoms with Crippen LogP contribution in [0.4, 0.5) is 0 Å². The van der Waals surface area contributed by atoms with Gasteiger partial charge in [-0.25, -0.2) is 0 Å². The van der Waals surface area contributed by atoms with Crippen LogP contribution in [-0.2, 0) is 62.6 Å². The van der Waals surface area contributed by atoms with Gasteiger partial charge in [0.2, 0.25) is 0 Å². The SMILES string of the molecule is [Cr+2].[O]=[Cr](=[O])([O-])[O][Cr](=[O])(=[O])[O-]. The molecule has 0 saturated carbocycles. The van der Waals surface area contributed by atoms with Gasteiger partial charge in [0, 0.05) is 0 Å². The Bertz CT molecular complexity index is 234. The molecule has 0 aliphatic carbocycles. The van der Waals surface area contributed by atoms with Crippen molar-refractivity contribution in [3.63, 3.8) is 0 Å². The zero-order valence-corrected chi connectivity index (χ0v) is 7.91. The first kappa shape index (κ1) is 13.3. The van der Waals surface area contributed by atoms with E-state index in [1.54, 1.807) is 0 Å². The molecule has 10 heteroatoms. The first-order chi connectivity index (χ1) is 3.71. The summed E-state index contributed by atoms with van der Waals surface area (Å²) < 4.78 is 58.9. The second kappa shape index (κ2) is 3.90. The van der Waals surface area contributed by atoms with Crippen molar-refractivity contribution < 1.29 is 71.0 Å². The van der Waals surface area contributed by atoms with E-state index in [2.05, 4.69) is 2.84 Å². The molecule has 0 unspecified atom stereocenters. The fourth-order valence-corrected chi connectivity index (χ4v) is 1.74. The van der Waals surface area contributed by atoms with Crippen molar-refractivity contribution in [2.45, 2.75) is 0 Å². The Balaban J connectivity index is 0. The Kier molecular flexibility index (Phi) is 5.17. The van der Waals surface area contributed by atoms with Crippen molar-refractivity contribution in [2.24, 2.45) is 0 Å². The molecule has 0 N–H and O–H groups in total. The van der Waals surface area contributed by atoms with Gasteiger partial charge in [0.05, 0.1) is 0 Å². The summed E-state index contributed by atoms with van der Waals surface area (Å²) in [4.78, 5) is 0. The van der Waals surface area contributed by atoms with Crippen molar-refractivity contribution >= 4 is 0 Å². The Morgan fingerprint density at radius 3 is 1.10 bits per heavy atom. The third-order valence-electron chi connectivity index (χ3n) is 0.167. The maximum atomic E-state index is 9.38. The van der Waals surface area contributed by atoms with Crippen LogP contribution < -0.4 is 8.32 Å². The van der Waals surface area contributed by atoms with Gasteiger partial charge in [-0.2, -0.15) is 0 Å². The van der Waals surface area contributed by atoms with Crippen molar-refractivity contribution in [1.82, 2.24) is 0 Å². The molecule has 0 aliphatic heterocycles. The summed E-state index contributed by atoms with van der Waals surface area (Å²) in [5.41, 5.74) is 0. The molecule has 60 valence electrons. The van der Waals surface area contributed by atoms with Crippen LogP contribution in [0, 0.1) is 0 Å². The van der Waals surface area contributed by atoms with E-state index in [9.17, 15) is 23.5 Å². The van der Waals surface area contributed by atoms with E-state index in [1.807, 2.05) is 0 Å². The summed E-state index contributed by atoms with van der Waals surface area (Å²) in [6.07, 6.45) is 0. The predicted molar refractivity (Wildman–Crippen MR) is 3.83 cm³/mol.